The highest BCUT2D eigenvalue weighted by Gasteiger charge is 2.19. The fraction of sp³-hybridized carbons (Fsp3) is 0.318. The van der Waals surface area contributed by atoms with Crippen molar-refractivity contribution in [3.05, 3.63) is 65.7 Å². The molecule has 0 saturated heterocycles. The Hall–Kier alpha value is -3.15. The van der Waals surface area contributed by atoms with Crippen LogP contribution in [0.4, 0.5) is 5.69 Å². The second kappa shape index (κ2) is 9.69. The third-order valence-electron chi connectivity index (χ3n) is 4.74. The van der Waals surface area contributed by atoms with Gasteiger partial charge in [-0.05, 0) is 37.1 Å². The van der Waals surface area contributed by atoms with Crippen LogP contribution >= 0.6 is 0 Å². The summed E-state index contributed by atoms with van der Waals surface area (Å²) < 4.78 is 5.16. The number of ether oxygens (including phenoxy) is 1. The summed E-state index contributed by atoms with van der Waals surface area (Å²) in [6.45, 7) is -0.337. The van der Waals surface area contributed by atoms with E-state index >= 15 is 0 Å². The molecule has 6 heteroatoms. The molecule has 0 unspecified atom stereocenters. The van der Waals surface area contributed by atoms with Crippen molar-refractivity contribution < 1.29 is 19.1 Å². The first-order valence-corrected chi connectivity index (χ1v) is 9.55. The quantitative estimate of drug-likeness (QED) is 0.751. The largest absolute Gasteiger partial charge is 0.452 e. The molecule has 0 aromatic heterocycles. The summed E-state index contributed by atoms with van der Waals surface area (Å²) in [7, 11) is 0. The average molecular weight is 380 g/mol. The molecule has 0 radical (unpaired) electrons. The molecule has 2 aromatic carbocycles. The van der Waals surface area contributed by atoms with E-state index in [0.717, 1.165) is 25.7 Å². The van der Waals surface area contributed by atoms with E-state index in [1.165, 1.54) is 6.42 Å². The number of amides is 2. The van der Waals surface area contributed by atoms with E-state index in [-0.39, 0.29) is 30.0 Å². The van der Waals surface area contributed by atoms with Crippen molar-refractivity contribution in [3.8, 4) is 0 Å². The van der Waals surface area contributed by atoms with Gasteiger partial charge in [0.05, 0.1) is 11.3 Å². The molecule has 28 heavy (non-hydrogen) atoms. The highest BCUT2D eigenvalue weighted by atomic mass is 16.5. The van der Waals surface area contributed by atoms with Crippen molar-refractivity contribution in [3.63, 3.8) is 0 Å². The van der Waals surface area contributed by atoms with Crippen LogP contribution in [0.2, 0.25) is 0 Å². The zero-order valence-corrected chi connectivity index (χ0v) is 15.6. The van der Waals surface area contributed by atoms with Crippen LogP contribution in [0.15, 0.2) is 54.6 Å². The maximum absolute atomic E-state index is 12.4. The summed E-state index contributed by atoms with van der Waals surface area (Å²) in [4.78, 5) is 36.8. The molecule has 1 saturated carbocycles. The van der Waals surface area contributed by atoms with E-state index in [1.807, 2.05) is 6.07 Å². The number of anilines is 1. The second-order valence-corrected chi connectivity index (χ2v) is 6.84. The third kappa shape index (κ3) is 5.42. The van der Waals surface area contributed by atoms with Crippen LogP contribution in [-0.4, -0.2) is 30.4 Å². The maximum Gasteiger partial charge on any atom is 0.340 e. The lowest BCUT2D eigenvalue weighted by molar-refractivity contribution is -0.125. The normalized spacial score (nSPS) is 14.1. The third-order valence-corrected chi connectivity index (χ3v) is 4.74. The lowest BCUT2D eigenvalue weighted by Gasteiger charge is -2.22. The zero-order valence-electron chi connectivity index (χ0n) is 15.6. The highest BCUT2D eigenvalue weighted by Crippen LogP contribution is 2.18. The van der Waals surface area contributed by atoms with Gasteiger partial charge in [0.2, 0.25) is 0 Å². The Kier molecular flexibility index (Phi) is 6.78. The summed E-state index contributed by atoms with van der Waals surface area (Å²) in [6, 6.07) is 15.5. The van der Waals surface area contributed by atoms with Gasteiger partial charge in [0, 0.05) is 11.6 Å². The molecular formula is C22H24N2O4. The Morgan fingerprint density at radius 2 is 1.57 bits per heavy atom. The number of nitrogens with one attached hydrogen (secondary N) is 2. The molecule has 1 aliphatic rings. The number of hydrogen-bond acceptors (Lipinski definition) is 4. The maximum atomic E-state index is 12.4. The molecule has 0 atom stereocenters. The van der Waals surface area contributed by atoms with Gasteiger partial charge in [-0.2, -0.15) is 0 Å². The molecular weight excluding hydrogens is 356 g/mol. The minimum absolute atomic E-state index is 0.164. The van der Waals surface area contributed by atoms with Gasteiger partial charge in [0.25, 0.3) is 11.8 Å². The summed E-state index contributed by atoms with van der Waals surface area (Å²) in [5.41, 5.74) is 1.03. The first-order valence-electron chi connectivity index (χ1n) is 9.55. The highest BCUT2D eigenvalue weighted by molar-refractivity contribution is 6.08. The summed E-state index contributed by atoms with van der Waals surface area (Å²) in [6.07, 6.45) is 5.35. The van der Waals surface area contributed by atoms with Crippen LogP contribution in [0.5, 0.6) is 0 Å². The van der Waals surface area contributed by atoms with E-state index in [9.17, 15) is 14.4 Å². The first-order chi connectivity index (χ1) is 13.6. The van der Waals surface area contributed by atoms with E-state index in [2.05, 4.69) is 10.6 Å². The van der Waals surface area contributed by atoms with Crippen molar-refractivity contribution in [2.24, 2.45) is 0 Å². The van der Waals surface area contributed by atoms with Gasteiger partial charge in [0.15, 0.2) is 6.61 Å². The van der Waals surface area contributed by atoms with E-state index in [4.69, 9.17) is 4.74 Å². The van der Waals surface area contributed by atoms with Gasteiger partial charge in [-0.15, -0.1) is 0 Å². The van der Waals surface area contributed by atoms with Crippen LogP contribution in [-0.2, 0) is 9.53 Å². The Morgan fingerprint density at radius 1 is 0.893 bits per heavy atom. The summed E-state index contributed by atoms with van der Waals surface area (Å²) >= 11 is 0. The number of para-hydroxylation sites is 1. The Bertz CT molecular complexity index is 829. The van der Waals surface area contributed by atoms with Crippen molar-refractivity contribution in [2.75, 3.05) is 11.9 Å². The van der Waals surface area contributed by atoms with Crippen LogP contribution in [0.25, 0.3) is 0 Å². The van der Waals surface area contributed by atoms with Gasteiger partial charge in [0.1, 0.15) is 0 Å². The van der Waals surface area contributed by atoms with Gasteiger partial charge < -0.3 is 15.4 Å². The molecule has 0 heterocycles. The predicted octanol–water partition coefficient (Wildman–Crippen LogP) is 3.54. The molecule has 146 valence electrons. The molecule has 2 amide bonds. The van der Waals surface area contributed by atoms with E-state index in [0.29, 0.717) is 11.3 Å². The lowest BCUT2D eigenvalue weighted by atomic mass is 9.95. The van der Waals surface area contributed by atoms with Crippen molar-refractivity contribution in [1.82, 2.24) is 5.32 Å². The van der Waals surface area contributed by atoms with Gasteiger partial charge in [-0.3, -0.25) is 9.59 Å². The van der Waals surface area contributed by atoms with Crippen LogP contribution in [0, 0.1) is 0 Å². The molecule has 1 fully saturated rings. The van der Waals surface area contributed by atoms with E-state index in [1.54, 1.807) is 48.5 Å². The summed E-state index contributed by atoms with van der Waals surface area (Å²) in [5.74, 6) is -1.27. The lowest BCUT2D eigenvalue weighted by Crippen LogP contribution is -2.38. The summed E-state index contributed by atoms with van der Waals surface area (Å²) in [5, 5.41) is 5.63. The van der Waals surface area contributed by atoms with Gasteiger partial charge in [-0.25, -0.2) is 4.79 Å². The fourth-order valence-electron chi connectivity index (χ4n) is 3.28. The number of carbonyl (C=O) groups excluding carboxylic acids is 3. The SMILES string of the molecule is O=C(COC(=O)c1ccccc1NC(=O)c1ccccc1)NC1CCCCC1. The second-order valence-electron chi connectivity index (χ2n) is 6.84. The van der Waals surface area contributed by atoms with Gasteiger partial charge in [-0.1, -0.05) is 49.6 Å². The molecule has 2 aromatic rings. The Balaban J connectivity index is 1.57. The molecule has 2 N–H and O–H groups in total. The predicted molar refractivity (Wildman–Crippen MR) is 106 cm³/mol. The van der Waals surface area contributed by atoms with Crippen molar-refractivity contribution in [2.45, 2.75) is 38.1 Å². The molecule has 0 aliphatic heterocycles. The Morgan fingerprint density at radius 3 is 2.32 bits per heavy atom. The van der Waals surface area contributed by atoms with Crippen LogP contribution in [0.3, 0.4) is 0 Å². The molecule has 0 spiro atoms. The molecule has 6 nitrogen and oxygen atoms in total. The van der Waals surface area contributed by atoms with Crippen LogP contribution in [0.1, 0.15) is 52.8 Å². The Labute approximate surface area is 164 Å². The van der Waals surface area contributed by atoms with E-state index < -0.39 is 5.97 Å². The molecule has 3 rings (SSSR count). The zero-order chi connectivity index (χ0) is 19.8. The fourth-order valence-corrected chi connectivity index (χ4v) is 3.28. The average Bonchev–Trinajstić information content (AvgIpc) is 2.74. The van der Waals surface area contributed by atoms with Crippen LogP contribution < -0.4 is 10.6 Å². The smallest absolute Gasteiger partial charge is 0.340 e. The minimum Gasteiger partial charge on any atom is -0.452 e. The topological polar surface area (TPSA) is 84.5 Å². The number of hydrogen-bond donors (Lipinski definition) is 2. The number of esters is 1. The number of benzene rings is 2. The number of rotatable bonds is 6. The molecule has 1 aliphatic carbocycles. The standard InChI is InChI=1S/C22H24N2O4/c25-20(23-17-11-5-2-6-12-17)15-28-22(27)18-13-7-8-14-19(18)24-21(26)16-9-3-1-4-10-16/h1,3-4,7-10,13-14,17H,2,5-6,11-12,15H2,(H,23,25)(H,24,26). The van der Waals surface area contributed by atoms with Crippen molar-refractivity contribution in [1.29, 1.82) is 0 Å². The number of carbonyl (C=O) groups is 3. The monoisotopic (exact) mass is 380 g/mol. The van der Waals surface area contributed by atoms with Crippen molar-refractivity contribution >= 4 is 23.5 Å². The first kappa shape index (κ1) is 19.6. The molecule has 0 bridgehead atoms. The van der Waals surface area contributed by atoms with Gasteiger partial charge >= 0.3 is 5.97 Å². The minimum atomic E-state index is -0.650.